The van der Waals surface area contributed by atoms with Crippen molar-refractivity contribution in [2.45, 2.75) is 58.5 Å². The molecule has 0 saturated heterocycles. The normalized spacial score (nSPS) is 17.3. The standard InChI is InChI=1S/C15H22NO2/c1-11-8-13(9-12(2)15(11)17)10-16(18)14-6-4-3-5-7-14/h8-9,14,17H,3-7,10H2,1-2H3/q-1. The van der Waals surface area contributed by atoms with Crippen LogP contribution in [0.2, 0.25) is 0 Å². The molecule has 0 radical (unpaired) electrons. The van der Waals surface area contributed by atoms with Gasteiger partial charge in [0.15, 0.2) is 0 Å². The van der Waals surface area contributed by atoms with Crippen LogP contribution in [0.1, 0.15) is 48.8 Å². The lowest BCUT2D eigenvalue weighted by molar-refractivity contribution is 0.211. The number of aryl methyl sites for hydroxylation is 2. The minimum Gasteiger partial charge on any atom is -0.785 e. The molecule has 0 spiro atoms. The fraction of sp³-hybridized carbons (Fsp3) is 0.600. The van der Waals surface area contributed by atoms with Crippen molar-refractivity contribution in [1.82, 2.24) is 5.06 Å². The van der Waals surface area contributed by atoms with Crippen LogP contribution in [0, 0.1) is 19.1 Å². The highest BCUT2D eigenvalue weighted by Crippen LogP contribution is 2.26. The zero-order chi connectivity index (χ0) is 13.1. The number of nitrogens with zero attached hydrogens (tertiary/aromatic N) is 1. The third-order valence-electron chi connectivity index (χ3n) is 3.87. The summed E-state index contributed by atoms with van der Waals surface area (Å²) >= 11 is 0. The highest BCUT2D eigenvalue weighted by molar-refractivity contribution is 5.42. The molecule has 3 nitrogen and oxygen atoms in total. The number of hydroxylamine groups is 2. The van der Waals surface area contributed by atoms with Crippen LogP contribution in [0.15, 0.2) is 12.1 Å². The molecule has 1 aromatic rings. The number of benzene rings is 1. The lowest BCUT2D eigenvalue weighted by atomic mass is 9.95. The maximum atomic E-state index is 12.1. The molecule has 100 valence electrons. The molecule has 0 unspecified atom stereocenters. The van der Waals surface area contributed by atoms with Gasteiger partial charge in [-0.1, -0.05) is 31.4 Å². The molecule has 1 N–H and O–H groups in total. The summed E-state index contributed by atoms with van der Waals surface area (Å²) in [6.45, 7) is 4.19. The Kier molecular flexibility index (Phi) is 4.25. The fourth-order valence-corrected chi connectivity index (χ4v) is 2.81. The molecule has 2 rings (SSSR count). The lowest BCUT2D eigenvalue weighted by Gasteiger charge is -2.39. The largest absolute Gasteiger partial charge is 0.785 e. The van der Waals surface area contributed by atoms with Gasteiger partial charge in [-0.2, -0.15) is 0 Å². The van der Waals surface area contributed by atoms with E-state index < -0.39 is 0 Å². The number of phenols is 1. The van der Waals surface area contributed by atoms with Crippen LogP contribution in [0.3, 0.4) is 0 Å². The van der Waals surface area contributed by atoms with E-state index in [0.29, 0.717) is 12.3 Å². The monoisotopic (exact) mass is 248 g/mol. The Bertz CT molecular complexity index is 388. The van der Waals surface area contributed by atoms with Gasteiger partial charge >= 0.3 is 0 Å². The van der Waals surface area contributed by atoms with E-state index in [2.05, 4.69) is 0 Å². The Morgan fingerprint density at radius 2 is 1.72 bits per heavy atom. The van der Waals surface area contributed by atoms with Crippen molar-refractivity contribution in [3.63, 3.8) is 0 Å². The summed E-state index contributed by atoms with van der Waals surface area (Å²) in [6.07, 6.45) is 5.68. The van der Waals surface area contributed by atoms with E-state index in [0.717, 1.165) is 29.5 Å². The number of phenolic OH excluding ortho intramolecular Hbond substituents is 1. The number of hydrogen-bond donors (Lipinski definition) is 1. The van der Waals surface area contributed by atoms with Crippen molar-refractivity contribution in [2.24, 2.45) is 0 Å². The second-order valence-corrected chi connectivity index (χ2v) is 5.45. The van der Waals surface area contributed by atoms with Crippen LogP contribution in [0.4, 0.5) is 0 Å². The van der Waals surface area contributed by atoms with Crippen LogP contribution in [0.25, 0.3) is 0 Å². The van der Waals surface area contributed by atoms with E-state index in [4.69, 9.17) is 0 Å². The molecule has 1 fully saturated rings. The van der Waals surface area contributed by atoms with Gasteiger partial charge in [0.1, 0.15) is 5.75 Å². The van der Waals surface area contributed by atoms with Crippen LogP contribution in [0.5, 0.6) is 5.75 Å². The van der Waals surface area contributed by atoms with Gasteiger partial charge in [-0.25, -0.2) is 0 Å². The molecular formula is C15H22NO2-. The van der Waals surface area contributed by atoms with Gasteiger partial charge in [-0.05, 0) is 49.4 Å². The van der Waals surface area contributed by atoms with Crippen LogP contribution >= 0.6 is 0 Å². The van der Waals surface area contributed by atoms with Crippen molar-refractivity contribution in [2.75, 3.05) is 0 Å². The van der Waals surface area contributed by atoms with Crippen molar-refractivity contribution in [3.05, 3.63) is 34.0 Å². The minimum absolute atomic E-state index is 0.188. The topological polar surface area (TPSA) is 46.5 Å². The van der Waals surface area contributed by atoms with Crippen LogP contribution < -0.4 is 0 Å². The summed E-state index contributed by atoms with van der Waals surface area (Å²) < 4.78 is 0. The molecule has 18 heavy (non-hydrogen) atoms. The third-order valence-corrected chi connectivity index (χ3v) is 3.87. The van der Waals surface area contributed by atoms with Gasteiger partial charge in [0.25, 0.3) is 0 Å². The van der Waals surface area contributed by atoms with Gasteiger partial charge < -0.3 is 15.4 Å². The maximum absolute atomic E-state index is 12.1. The first kappa shape index (κ1) is 13.4. The van der Waals surface area contributed by atoms with E-state index in [1.165, 1.54) is 24.3 Å². The summed E-state index contributed by atoms with van der Waals surface area (Å²) in [4.78, 5) is 0. The smallest absolute Gasteiger partial charge is 0.121 e. The Labute approximate surface area is 109 Å². The number of hydrogen-bond acceptors (Lipinski definition) is 3. The fourth-order valence-electron chi connectivity index (χ4n) is 2.81. The summed E-state index contributed by atoms with van der Waals surface area (Å²) in [5.41, 5.74) is 2.70. The number of rotatable bonds is 3. The molecule has 1 aliphatic rings. The average molecular weight is 248 g/mol. The molecule has 3 heteroatoms. The van der Waals surface area contributed by atoms with Crippen LogP contribution in [-0.2, 0) is 6.54 Å². The second-order valence-electron chi connectivity index (χ2n) is 5.45. The van der Waals surface area contributed by atoms with Gasteiger partial charge in [0, 0.05) is 6.54 Å². The van der Waals surface area contributed by atoms with Gasteiger partial charge in [-0.15, -0.1) is 0 Å². The maximum Gasteiger partial charge on any atom is 0.121 e. The molecule has 0 heterocycles. The summed E-state index contributed by atoms with van der Waals surface area (Å²) in [5, 5.41) is 23.1. The molecular weight excluding hydrogens is 226 g/mol. The quantitative estimate of drug-likeness (QED) is 0.831. The zero-order valence-electron chi connectivity index (χ0n) is 11.3. The first-order chi connectivity index (χ1) is 8.58. The lowest BCUT2D eigenvalue weighted by Crippen LogP contribution is -2.31. The van der Waals surface area contributed by atoms with Gasteiger partial charge in [-0.3, -0.25) is 0 Å². The second kappa shape index (κ2) is 5.72. The Hall–Kier alpha value is -1.06. The molecule has 1 aromatic carbocycles. The first-order valence-corrected chi connectivity index (χ1v) is 6.81. The summed E-state index contributed by atoms with van der Waals surface area (Å²) in [5.74, 6) is 0.342. The average Bonchev–Trinajstić information content (AvgIpc) is 2.37. The highest BCUT2D eigenvalue weighted by Gasteiger charge is 2.15. The Morgan fingerprint density at radius 3 is 2.28 bits per heavy atom. The molecule has 0 atom stereocenters. The van der Waals surface area contributed by atoms with E-state index in [1.54, 1.807) is 0 Å². The predicted octanol–water partition coefficient (Wildman–Crippen LogP) is 3.64. The SMILES string of the molecule is Cc1cc(CN([O-])C2CCCCC2)cc(C)c1O. The van der Waals surface area contributed by atoms with Crippen molar-refractivity contribution >= 4 is 0 Å². The minimum atomic E-state index is 0.188. The molecule has 0 bridgehead atoms. The van der Waals surface area contributed by atoms with E-state index in [9.17, 15) is 10.3 Å². The predicted molar refractivity (Wildman–Crippen MR) is 73.4 cm³/mol. The van der Waals surface area contributed by atoms with E-state index >= 15 is 0 Å². The van der Waals surface area contributed by atoms with Crippen molar-refractivity contribution in [3.8, 4) is 5.75 Å². The molecule has 0 aromatic heterocycles. The Morgan fingerprint density at radius 1 is 1.17 bits per heavy atom. The zero-order valence-corrected chi connectivity index (χ0v) is 11.3. The number of aromatic hydroxyl groups is 1. The Balaban J connectivity index is 2.04. The van der Waals surface area contributed by atoms with Gasteiger partial charge in [0.05, 0.1) is 0 Å². The molecule has 0 amide bonds. The van der Waals surface area contributed by atoms with E-state index in [1.807, 2.05) is 26.0 Å². The first-order valence-electron chi connectivity index (χ1n) is 6.81. The summed E-state index contributed by atoms with van der Waals surface area (Å²) in [7, 11) is 0. The molecule has 1 saturated carbocycles. The summed E-state index contributed by atoms with van der Waals surface area (Å²) in [6, 6.07) is 4.01. The third kappa shape index (κ3) is 3.03. The van der Waals surface area contributed by atoms with Crippen LogP contribution in [-0.4, -0.2) is 16.2 Å². The molecule has 0 aliphatic heterocycles. The highest BCUT2D eigenvalue weighted by atomic mass is 16.5. The van der Waals surface area contributed by atoms with E-state index in [-0.39, 0.29) is 6.04 Å². The van der Waals surface area contributed by atoms with Crippen molar-refractivity contribution in [1.29, 1.82) is 0 Å². The molecule has 1 aliphatic carbocycles. The van der Waals surface area contributed by atoms with Crippen molar-refractivity contribution < 1.29 is 5.11 Å². The van der Waals surface area contributed by atoms with Gasteiger partial charge in [0.2, 0.25) is 0 Å².